The molecule has 0 bridgehead atoms. The number of rotatable bonds is 7. The van der Waals surface area contributed by atoms with Crippen molar-refractivity contribution in [2.75, 3.05) is 0 Å². The highest BCUT2D eigenvalue weighted by Crippen LogP contribution is 2.34. The number of aromatic nitrogens is 6. The van der Waals surface area contributed by atoms with Gasteiger partial charge in [0.25, 0.3) is 0 Å². The molecular formula is C58H36N6. The summed E-state index contributed by atoms with van der Waals surface area (Å²) in [6.45, 7) is 0. The Bertz CT molecular complexity index is 3670. The lowest BCUT2D eigenvalue weighted by molar-refractivity contribution is 1.17. The molecule has 298 valence electrons. The lowest BCUT2D eigenvalue weighted by Crippen LogP contribution is -1.97. The molecule has 7 aromatic carbocycles. The molecule has 0 spiro atoms. The van der Waals surface area contributed by atoms with Gasteiger partial charge in [-0.05, 0) is 59.7 Å². The Hall–Kier alpha value is -8.74. The Morgan fingerprint density at radius 2 is 0.609 bits per heavy atom. The molecule has 0 atom stereocenters. The average molecular weight is 817 g/mol. The van der Waals surface area contributed by atoms with Crippen LogP contribution in [0.3, 0.4) is 0 Å². The SMILES string of the molecule is c1ccc(-c2cc(-c3ccc4ccc(-c5ccc6ccc(-c7cccc(-c8ccc9ccc%10ccc(-c%11ccccc%11)nc%10c9n8)c7)nc6c5)cc4n3)nc(-c3ccccc3)n2)cc1. The fourth-order valence-corrected chi connectivity index (χ4v) is 8.48. The highest BCUT2D eigenvalue weighted by atomic mass is 14.9. The minimum absolute atomic E-state index is 0.664. The van der Waals surface area contributed by atoms with Gasteiger partial charge in [0.1, 0.15) is 0 Å². The lowest BCUT2D eigenvalue weighted by Gasteiger charge is -2.11. The van der Waals surface area contributed by atoms with Gasteiger partial charge >= 0.3 is 0 Å². The molecule has 0 aliphatic rings. The molecule has 5 aromatic heterocycles. The van der Waals surface area contributed by atoms with Crippen molar-refractivity contribution in [3.8, 4) is 78.9 Å². The van der Waals surface area contributed by atoms with Crippen LogP contribution in [-0.4, -0.2) is 29.9 Å². The van der Waals surface area contributed by atoms with E-state index in [1.54, 1.807) is 0 Å². The van der Waals surface area contributed by atoms with Gasteiger partial charge in [-0.15, -0.1) is 0 Å². The zero-order valence-corrected chi connectivity index (χ0v) is 34.5. The van der Waals surface area contributed by atoms with Crippen LogP contribution < -0.4 is 0 Å². The van der Waals surface area contributed by atoms with Gasteiger partial charge in [0.15, 0.2) is 5.82 Å². The fourth-order valence-electron chi connectivity index (χ4n) is 8.48. The second kappa shape index (κ2) is 15.6. The molecular weight excluding hydrogens is 781 g/mol. The number of nitrogens with zero attached hydrogens (tertiary/aromatic N) is 6. The van der Waals surface area contributed by atoms with Gasteiger partial charge in [-0.1, -0.05) is 170 Å². The van der Waals surface area contributed by atoms with E-state index in [0.717, 1.165) is 117 Å². The van der Waals surface area contributed by atoms with Crippen molar-refractivity contribution >= 4 is 43.6 Å². The van der Waals surface area contributed by atoms with E-state index in [0.29, 0.717) is 5.82 Å². The van der Waals surface area contributed by atoms with E-state index in [4.69, 9.17) is 29.9 Å². The Balaban J connectivity index is 0.877. The number of benzene rings is 7. The van der Waals surface area contributed by atoms with E-state index < -0.39 is 0 Å². The fraction of sp³-hybridized carbons (Fsp3) is 0. The molecule has 12 rings (SSSR count). The predicted molar refractivity (Wildman–Crippen MR) is 261 cm³/mol. The first kappa shape index (κ1) is 37.1. The summed E-state index contributed by atoms with van der Waals surface area (Å²) in [6.07, 6.45) is 0. The Labute approximate surface area is 369 Å². The summed E-state index contributed by atoms with van der Waals surface area (Å²) in [5.41, 5.74) is 15.9. The van der Waals surface area contributed by atoms with E-state index in [1.807, 2.05) is 78.9 Å². The molecule has 6 nitrogen and oxygen atoms in total. The van der Waals surface area contributed by atoms with E-state index >= 15 is 0 Å². The van der Waals surface area contributed by atoms with Crippen LogP contribution in [0.4, 0.5) is 0 Å². The van der Waals surface area contributed by atoms with Gasteiger partial charge in [-0.25, -0.2) is 29.9 Å². The molecule has 0 saturated heterocycles. The van der Waals surface area contributed by atoms with Crippen LogP contribution >= 0.6 is 0 Å². The molecule has 0 fully saturated rings. The average Bonchev–Trinajstić information content (AvgIpc) is 3.38. The smallest absolute Gasteiger partial charge is 0.160 e. The molecule has 0 amide bonds. The maximum Gasteiger partial charge on any atom is 0.160 e. The van der Waals surface area contributed by atoms with Crippen molar-refractivity contribution < 1.29 is 0 Å². The molecule has 0 saturated carbocycles. The first-order chi connectivity index (χ1) is 31.6. The second-order valence-electron chi connectivity index (χ2n) is 16.0. The quantitative estimate of drug-likeness (QED) is 0.149. The standard InChI is InChI=1S/C58H36N6/c1-4-11-37(12-5-1)48-30-27-41-21-22-42-28-31-50(62-57(42)56(41)61-48)47-18-10-17-46(33-47)49-29-25-39-19-23-44(34-52(39)59-49)45-24-20-40-26-32-51(60-53(40)35-45)55-36-54(38-13-6-2-7-14-38)63-58(64-55)43-15-8-3-9-16-43/h1-36H. The Morgan fingerprint density at radius 1 is 0.203 bits per heavy atom. The first-order valence-electron chi connectivity index (χ1n) is 21.3. The summed E-state index contributed by atoms with van der Waals surface area (Å²) in [4.78, 5) is 30.7. The highest BCUT2D eigenvalue weighted by Gasteiger charge is 2.14. The largest absolute Gasteiger partial charge is 0.248 e. The third kappa shape index (κ3) is 6.99. The molecule has 6 heteroatoms. The van der Waals surface area contributed by atoms with Gasteiger partial charge in [-0.2, -0.15) is 0 Å². The molecule has 5 heterocycles. The summed E-state index contributed by atoms with van der Waals surface area (Å²) in [5.74, 6) is 0.664. The maximum absolute atomic E-state index is 5.22. The number of pyridine rings is 4. The van der Waals surface area contributed by atoms with Crippen LogP contribution in [0.25, 0.3) is 123 Å². The van der Waals surface area contributed by atoms with Crippen LogP contribution in [0.5, 0.6) is 0 Å². The molecule has 0 aliphatic heterocycles. The van der Waals surface area contributed by atoms with Crippen LogP contribution in [-0.2, 0) is 0 Å². The summed E-state index contributed by atoms with van der Waals surface area (Å²) in [6, 6.07) is 75.1. The summed E-state index contributed by atoms with van der Waals surface area (Å²) in [7, 11) is 0. The van der Waals surface area contributed by atoms with Gasteiger partial charge < -0.3 is 0 Å². The van der Waals surface area contributed by atoms with Crippen molar-refractivity contribution in [2.45, 2.75) is 0 Å². The molecule has 0 radical (unpaired) electrons. The summed E-state index contributed by atoms with van der Waals surface area (Å²) >= 11 is 0. The zero-order valence-electron chi connectivity index (χ0n) is 34.5. The van der Waals surface area contributed by atoms with Gasteiger partial charge in [0.05, 0.1) is 56.2 Å². The van der Waals surface area contributed by atoms with Gasteiger partial charge in [0, 0.05) is 49.4 Å². The van der Waals surface area contributed by atoms with Gasteiger partial charge in [0.2, 0.25) is 0 Å². The van der Waals surface area contributed by atoms with Crippen molar-refractivity contribution in [2.24, 2.45) is 0 Å². The topological polar surface area (TPSA) is 77.3 Å². The maximum atomic E-state index is 5.22. The highest BCUT2D eigenvalue weighted by molar-refractivity contribution is 6.04. The molecule has 0 aliphatic carbocycles. The zero-order chi connectivity index (χ0) is 42.4. The van der Waals surface area contributed by atoms with Crippen molar-refractivity contribution in [1.29, 1.82) is 0 Å². The van der Waals surface area contributed by atoms with Crippen LogP contribution in [0.1, 0.15) is 0 Å². The summed E-state index contributed by atoms with van der Waals surface area (Å²) < 4.78 is 0. The van der Waals surface area contributed by atoms with E-state index in [1.165, 1.54) is 0 Å². The monoisotopic (exact) mass is 816 g/mol. The summed E-state index contributed by atoms with van der Waals surface area (Å²) in [5, 5.41) is 4.24. The van der Waals surface area contributed by atoms with Crippen molar-refractivity contribution in [3.05, 3.63) is 218 Å². The molecule has 0 unspecified atom stereocenters. The van der Waals surface area contributed by atoms with Crippen LogP contribution in [0.15, 0.2) is 218 Å². The first-order valence-corrected chi connectivity index (χ1v) is 21.3. The number of fused-ring (bicyclic) bond motifs is 5. The normalized spacial score (nSPS) is 11.4. The predicted octanol–water partition coefficient (Wildman–Crippen LogP) is 14.3. The van der Waals surface area contributed by atoms with Crippen molar-refractivity contribution in [1.82, 2.24) is 29.9 Å². The second-order valence-corrected chi connectivity index (χ2v) is 16.0. The Morgan fingerprint density at radius 3 is 1.19 bits per heavy atom. The van der Waals surface area contributed by atoms with E-state index in [-0.39, 0.29) is 0 Å². The van der Waals surface area contributed by atoms with Crippen molar-refractivity contribution in [3.63, 3.8) is 0 Å². The number of hydrogen-bond donors (Lipinski definition) is 0. The minimum atomic E-state index is 0.664. The lowest BCUT2D eigenvalue weighted by atomic mass is 10.0. The minimum Gasteiger partial charge on any atom is -0.248 e. The van der Waals surface area contributed by atoms with Crippen LogP contribution in [0.2, 0.25) is 0 Å². The molecule has 12 aromatic rings. The third-order valence-corrected chi connectivity index (χ3v) is 11.9. The third-order valence-electron chi connectivity index (χ3n) is 11.9. The number of hydrogen-bond acceptors (Lipinski definition) is 6. The molecule has 64 heavy (non-hydrogen) atoms. The van der Waals surface area contributed by atoms with Gasteiger partial charge in [-0.3, -0.25) is 0 Å². The Kier molecular flexibility index (Phi) is 9.05. The van der Waals surface area contributed by atoms with E-state index in [2.05, 4.69) is 140 Å². The van der Waals surface area contributed by atoms with Crippen LogP contribution in [0, 0.1) is 0 Å². The van der Waals surface area contributed by atoms with E-state index in [9.17, 15) is 0 Å². The molecule has 0 N–H and O–H groups in total.